The number of amides is 1. The van der Waals surface area contributed by atoms with Crippen molar-refractivity contribution in [1.82, 2.24) is 9.80 Å². The number of likely N-dealkylation sites (tertiary alicyclic amines) is 2. The van der Waals surface area contributed by atoms with Gasteiger partial charge in [-0.25, -0.2) is 0 Å². The molecule has 5 nitrogen and oxygen atoms in total. The van der Waals surface area contributed by atoms with Crippen molar-refractivity contribution in [2.45, 2.75) is 38.6 Å². The number of ether oxygens (including phenoxy) is 1. The maximum absolute atomic E-state index is 12.6. The molecule has 2 fully saturated rings. The second kappa shape index (κ2) is 11.6. The highest BCUT2D eigenvalue weighted by atomic mass is 16.5. The second-order valence-corrected chi connectivity index (χ2v) is 10.1. The van der Waals surface area contributed by atoms with Crippen LogP contribution in [0.25, 0.3) is 0 Å². The second-order valence-electron chi connectivity index (χ2n) is 10.1. The van der Waals surface area contributed by atoms with Crippen LogP contribution in [0.2, 0.25) is 0 Å². The highest BCUT2D eigenvalue weighted by Gasteiger charge is 2.25. The van der Waals surface area contributed by atoms with E-state index in [1.54, 1.807) is 12.3 Å². The average Bonchev–Trinajstić information content (AvgIpc) is 3.44. The molecular weight excluding hydrogens is 436 g/mol. The van der Waals surface area contributed by atoms with Crippen LogP contribution in [0.15, 0.2) is 77.6 Å². The first-order valence-corrected chi connectivity index (χ1v) is 13.0. The minimum absolute atomic E-state index is 0.0537. The third-order valence-electron chi connectivity index (χ3n) is 7.44. The maximum atomic E-state index is 12.6. The van der Waals surface area contributed by atoms with E-state index in [4.69, 9.17) is 9.15 Å². The van der Waals surface area contributed by atoms with Gasteiger partial charge in [0, 0.05) is 25.6 Å². The molecule has 5 heteroatoms. The van der Waals surface area contributed by atoms with Crippen molar-refractivity contribution in [3.63, 3.8) is 0 Å². The molecule has 0 bridgehead atoms. The summed E-state index contributed by atoms with van der Waals surface area (Å²) < 4.78 is 11.3. The van der Waals surface area contributed by atoms with Gasteiger partial charge in [-0.2, -0.15) is 0 Å². The Hall–Kier alpha value is -3.05. The molecule has 0 saturated carbocycles. The Morgan fingerprint density at radius 1 is 0.914 bits per heavy atom. The summed E-state index contributed by atoms with van der Waals surface area (Å²) in [7, 11) is 0. The van der Waals surface area contributed by atoms with Gasteiger partial charge in [-0.05, 0) is 80.4 Å². The number of benzene rings is 2. The Kier molecular flexibility index (Phi) is 7.84. The first-order valence-electron chi connectivity index (χ1n) is 13.0. The van der Waals surface area contributed by atoms with E-state index in [2.05, 4.69) is 53.4 Å². The van der Waals surface area contributed by atoms with Crippen LogP contribution < -0.4 is 4.74 Å². The van der Waals surface area contributed by atoms with E-state index in [9.17, 15) is 4.79 Å². The summed E-state index contributed by atoms with van der Waals surface area (Å²) in [5.74, 6) is 2.13. The Labute approximate surface area is 208 Å². The fraction of sp³-hybridized carbons (Fsp3) is 0.433. The molecular formula is C30H36N2O3. The van der Waals surface area contributed by atoms with Gasteiger partial charge in [0.15, 0.2) is 0 Å². The summed E-state index contributed by atoms with van der Waals surface area (Å²) in [5.41, 5.74) is 3.40. The van der Waals surface area contributed by atoms with Gasteiger partial charge in [0.05, 0.1) is 18.4 Å². The first-order chi connectivity index (χ1) is 17.2. The molecule has 1 aromatic heterocycles. The summed E-state index contributed by atoms with van der Waals surface area (Å²) in [4.78, 5) is 17.1. The van der Waals surface area contributed by atoms with E-state index < -0.39 is 0 Å². The highest BCUT2D eigenvalue weighted by Crippen LogP contribution is 2.25. The van der Waals surface area contributed by atoms with E-state index in [1.807, 2.05) is 11.0 Å². The molecule has 1 amide bonds. The number of piperidine rings is 2. The number of carbonyl (C=O) groups is 1. The summed E-state index contributed by atoms with van der Waals surface area (Å²) >= 11 is 0. The zero-order chi connectivity index (χ0) is 23.9. The number of furan rings is 1. The highest BCUT2D eigenvalue weighted by molar-refractivity contribution is 5.93. The summed E-state index contributed by atoms with van der Waals surface area (Å²) in [6.07, 6.45) is 8.91. The molecule has 3 heterocycles. The SMILES string of the molecule is O=C(c1ccoc1)N1CCC[C@H](COc2cccc(CN3CCC(Cc4ccccc4)CC3)c2)C1. The van der Waals surface area contributed by atoms with Crippen molar-refractivity contribution in [2.75, 3.05) is 32.8 Å². The lowest BCUT2D eigenvalue weighted by atomic mass is 9.90. The van der Waals surface area contributed by atoms with Crippen molar-refractivity contribution in [2.24, 2.45) is 11.8 Å². The van der Waals surface area contributed by atoms with Crippen LogP contribution in [0.4, 0.5) is 0 Å². The molecule has 2 aliphatic rings. The van der Waals surface area contributed by atoms with Gasteiger partial charge in [0.25, 0.3) is 5.91 Å². The predicted molar refractivity (Wildman–Crippen MR) is 137 cm³/mol. The summed E-state index contributed by atoms with van der Waals surface area (Å²) in [5, 5.41) is 0. The minimum atomic E-state index is 0.0537. The Balaban J connectivity index is 1.07. The summed E-state index contributed by atoms with van der Waals surface area (Å²) in [6, 6.07) is 21.2. The Bertz CT molecular complexity index is 1060. The van der Waals surface area contributed by atoms with E-state index in [-0.39, 0.29) is 5.91 Å². The molecule has 1 atom stereocenters. The van der Waals surface area contributed by atoms with Gasteiger partial charge >= 0.3 is 0 Å². The molecule has 184 valence electrons. The zero-order valence-electron chi connectivity index (χ0n) is 20.5. The van der Waals surface area contributed by atoms with Gasteiger partial charge < -0.3 is 14.1 Å². The molecule has 0 unspecified atom stereocenters. The first kappa shape index (κ1) is 23.7. The van der Waals surface area contributed by atoms with Crippen LogP contribution in [-0.2, 0) is 13.0 Å². The van der Waals surface area contributed by atoms with Crippen LogP contribution in [-0.4, -0.2) is 48.5 Å². The van der Waals surface area contributed by atoms with Crippen molar-refractivity contribution in [3.05, 3.63) is 89.9 Å². The topological polar surface area (TPSA) is 45.9 Å². The van der Waals surface area contributed by atoms with Crippen LogP contribution in [0, 0.1) is 11.8 Å². The number of hydrogen-bond donors (Lipinski definition) is 0. The molecule has 0 radical (unpaired) electrons. The third kappa shape index (κ3) is 6.55. The van der Waals surface area contributed by atoms with E-state index in [0.717, 1.165) is 57.2 Å². The minimum Gasteiger partial charge on any atom is -0.493 e. The lowest BCUT2D eigenvalue weighted by Crippen LogP contribution is -2.41. The maximum Gasteiger partial charge on any atom is 0.257 e. The molecule has 2 aliphatic heterocycles. The fourth-order valence-electron chi connectivity index (χ4n) is 5.46. The van der Waals surface area contributed by atoms with Crippen molar-refractivity contribution >= 4 is 5.91 Å². The van der Waals surface area contributed by atoms with Crippen LogP contribution in [0.1, 0.15) is 47.2 Å². The molecule has 0 N–H and O–H groups in total. The molecule has 0 spiro atoms. The predicted octanol–water partition coefficient (Wildman–Crippen LogP) is 5.67. The van der Waals surface area contributed by atoms with E-state index in [1.165, 1.54) is 36.7 Å². The molecule has 0 aliphatic carbocycles. The van der Waals surface area contributed by atoms with Gasteiger partial charge in [0.1, 0.15) is 12.0 Å². The van der Waals surface area contributed by atoms with Gasteiger partial charge in [-0.1, -0.05) is 42.5 Å². The van der Waals surface area contributed by atoms with Crippen molar-refractivity contribution in [3.8, 4) is 5.75 Å². The lowest BCUT2D eigenvalue weighted by molar-refractivity contribution is 0.0632. The quantitative estimate of drug-likeness (QED) is 0.424. The standard InChI is InChI=1S/C30H36N2O3/c33-30(28-13-17-34-23-28)32-14-5-9-27(21-32)22-35-29-10-4-8-26(19-29)20-31-15-11-25(12-16-31)18-24-6-2-1-3-7-24/h1-4,6-8,10,13,17,19,23,25,27H,5,9,11-12,14-16,18,20-22H2/t27-/m0/s1. The smallest absolute Gasteiger partial charge is 0.257 e. The lowest BCUT2D eigenvalue weighted by Gasteiger charge is -2.32. The fourth-order valence-corrected chi connectivity index (χ4v) is 5.46. The number of rotatable bonds is 8. The number of hydrogen-bond acceptors (Lipinski definition) is 4. The van der Waals surface area contributed by atoms with Crippen LogP contribution in [0.5, 0.6) is 5.75 Å². The monoisotopic (exact) mass is 472 g/mol. The molecule has 3 aromatic rings. The molecule has 2 aromatic carbocycles. The largest absolute Gasteiger partial charge is 0.493 e. The number of nitrogens with zero attached hydrogens (tertiary/aromatic N) is 2. The van der Waals surface area contributed by atoms with Gasteiger partial charge in [-0.3, -0.25) is 9.69 Å². The van der Waals surface area contributed by atoms with Crippen molar-refractivity contribution in [1.29, 1.82) is 0 Å². The van der Waals surface area contributed by atoms with E-state index in [0.29, 0.717) is 18.1 Å². The number of carbonyl (C=O) groups excluding carboxylic acids is 1. The van der Waals surface area contributed by atoms with Gasteiger partial charge in [0.2, 0.25) is 0 Å². The van der Waals surface area contributed by atoms with Crippen molar-refractivity contribution < 1.29 is 13.9 Å². The Morgan fingerprint density at radius 2 is 1.74 bits per heavy atom. The van der Waals surface area contributed by atoms with Crippen LogP contribution >= 0.6 is 0 Å². The average molecular weight is 473 g/mol. The molecule has 2 saturated heterocycles. The Morgan fingerprint density at radius 3 is 2.54 bits per heavy atom. The normalized spacial score (nSPS) is 19.5. The third-order valence-corrected chi connectivity index (χ3v) is 7.44. The summed E-state index contributed by atoms with van der Waals surface area (Å²) in [6.45, 7) is 5.48. The molecule has 35 heavy (non-hydrogen) atoms. The van der Waals surface area contributed by atoms with Gasteiger partial charge in [-0.15, -0.1) is 0 Å². The van der Waals surface area contributed by atoms with E-state index >= 15 is 0 Å². The zero-order valence-corrected chi connectivity index (χ0v) is 20.5. The molecule has 5 rings (SSSR count). The van der Waals surface area contributed by atoms with Crippen LogP contribution in [0.3, 0.4) is 0 Å².